The average molecular weight is 487 g/mol. The quantitative estimate of drug-likeness (QED) is 0.298. The van der Waals surface area contributed by atoms with Crippen molar-refractivity contribution in [2.75, 3.05) is 16.8 Å². The van der Waals surface area contributed by atoms with Gasteiger partial charge in [0.2, 0.25) is 0 Å². The Balaban J connectivity index is 1.36. The van der Waals surface area contributed by atoms with E-state index in [1.807, 2.05) is 36.4 Å². The van der Waals surface area contributed by atoms with Gasteiger partial charge in [-0.3, -0.25) is 14.9 Å². The van der Waals surface area contributed by atoms with Crippen LogP contribution >= 0.6 is 11.8 Å². The van der Waals surface area contributed by atoms with Crippen LogP contribution < -0.4 is 10.2 Å². The van der Waals surface area contributed by atoms with Gasteiger partial charge in [-0.1, -0.05) is 36.4 Å². The monoisotopic (exact) mass is 486 g/mol. The maximum Gasteiger partial charge on any atom is 0.284 e. The van der Waals surface area contributed by atoms with Gasteiger partial charge in [-0.25, -0.2) is 0 Å². The lowest BCUT2D eigenvalue weighted by molar-refractivity contribution is -0.387. The van der Waals surface area contributed by atoms with Crippen molar-refractivity contribution in [3.63, 3.8) is 0 Å². The van der Waals surface area contributed by atoms with E-state index in [0.717, 1.165) is 30.3 Å². The third kappa shape index (κ3) is 4.73. The zero-order valence-corrected chi connectivity index (χ0v) is 19.7. The van der Waals surface area contributed by atoms with Crippen LogP contribution in [0.1, 0.15) is 21.5 Å². The summed E-state index contributed by atoms with van der Waals surface area (Å²) < 4.78 is 1.67. The second-order valence-electron chi connectivity index (χ2n) is 8.18. The summed E-state index contributed by atoms with van der Waals surface area (Å²) in [5.74, 6) is -0.405. The summed E-state index contributed by atoms with van der Waals surface area (Å²) in [6.45, 7) is 1.57. The molecule has 0 aliphatic carbocycles. The minimum Gasteiger partial charge on any atom is -0.367 e. The van der Waals surface area contributed by atoms with Crippen molar-refractivity contribution >= 4 is 34.7 Å². The van der Waals surface area contributed by atoms with Gasteiger partial charge >= 0.3 is 0 Å². The third-order valence-corrected chi connectivity index (χ3v) is 7.02. The second-order valence-corrected chi connectivity index (χ2v) is 9.19. The van der Waals surface area contributed by atoms with E-state index in [-0.39, 0.29) is 11.3 Å². The number of nitro groups is 1. The number of aryl methyl sites for hydroxylation is 1. The van der Waals surface area contributed by atoms with Gasteiger partial charge in [0.15, 0.2) is 5.16 Å². The minimum atomic E-state index is -0.492. The zero-order valence-electron chi connectivity index (χ0n) is 18.9. The lowest BCUT2D eigenvalue weighted by atomic mass is 10.1. The van der Waals surface area contributed by atoms with E-state index in [1.54, 1.807) is 23.7 Å². The van der Waals surface area contributed by atoms with Gasteiger partial charge in [-0.2, -0.15) is 0 Å². The summed E-state index contributed by atoms with van der Waals surface area (Å²) in [5, 5.41) is 22.9. The van der Waals surface area contributed by atoms with Crippen LogP contribution in [0, 0.1) is 10.1 Å². The van der Waals surface area contributed by atoms with E-state index in [1.165, 1.54) is 23.6 Å². The number of benzene rings is 3. The molecule has 3 aromatic carbocycles. The molecule has 5 rings (SSSR count). The van der Waals surface area contributed by atoms with Crippen LogP contribution in [-0.4, -0.2) is 32.1 Å². The van der Waals surface area contributed by atoms with Gasteiger partial charge in [-0.15, -0.1) is 10.2 Å². The molecule has 0 radical (unpaired) electrons. The fraction of sp³-hybridized carbons (Fsp3) is 0.160. The van der Waals surface area contributed by atoms with E-state index in [9.17, 15) is 14.9 Å². The van der Waals surface area contributed by atoms with Crippen molar-refractivity contribution in [3.05, 3.63) is 99.9 Å². The van der Waals surface area contributed by atoms with Crippen LogP contribution in [0.4, 0.5) is 17.1 Å². The highest BCUT2D eigenvalue weighted by Gasteiger charge is 2.22. The predicted molar refractivity (Wildman–Crippen MR) is 134 cm³/mol. The van der Waals surface area contributed by atoms with Crippen LogP contribution in [-0.2, 0) is 20.0 Å². The molecule has 1 aliphatic heterocycles. The molecule has 0 bridgehead atoms. The fourth-order valence-corrected chi connectivity index (χ4v) is 4.95. The summed E-state index contributed by atoms with van der Waals surface area (Å²) in [4.78, 5) is 27.0. The number of nitrogens with one attached hydrogen (secondary N) is 1. The van der Waals surface area contributed by atoms with Gasteiger partial charge in [0.25, 0.3) is 11.6 Å². The molecule has 35 heavy (non-hydrogen) atoms. The van der Waals surface area contributed by atoms with Crippen molar-refractivity contribution in [2.24, 2.45) is 7.05 Å². The van der Waals surface area contributed by atoms with Gasteiger partial charge in [0.05, 0.1) is 9.82 Å². The Morgan fingerprint density at radius 3 is 2.74 bits per heavy atom. The summed E-state index contributed by atoms with van der Waals surface area (Å²) in [7, 11) is 1.76. The SMILES string of the molecule is Cn1cnnc1Sc1ccc(C(=O)Nc2ccccc2CN2CCc3ccccc32)cc1[N+](=O)[O-]. The number of amides is 1. The molecule has 176 valence electrons. The van der Waals surface area contributed by atoms with Crippen molar-refractivity contribution in [2.45, 2.75) is 23.0 Å². The molecule has 0 spiro atoms. The van der Waals surface area contributed by atoms with Gasteiger partial charge in [0.1, 0.15) is 6.33 Å². The first kappa shape index (κ1) is 22.6. The molecular formula is C25H22N6O3S. The highest BCUT2D eigenvalue weighted by Crippen LogP contribution is 2.35. The van der Waals surface area contributed by atoms with Crippen molar-refractivity contribution in [3.8, 4) is 0 Å². The molecule has 1 amide bonds. The van der Waals surface area contributed by atoms with Crippen molar-refractivity contribution < 1.29 is 9.72 Å². The summed E-state index contributed by atoms with van der Waals surface area (Å²) in [6, 6.07) is 20.4. The number of nitrogens with zero attached hydrogens (tertiary/aromatic N) is 5. The maximum atomic E-state index is 13.1. The number of rotatable bonds is 7. The normalized spacial score (nSPS) is 12.4. The zero-order chi connectivity index (χ0) is 24.4. The number of aromatic nitrogens is 3. The number of nitro benzene ring substituents is 1. The Morgan fingerprint density at radius 2 is 1.94 bits per heavy atom. The fourth-order valence-electron chi connectivity index (χ4n) is 4.10. The van der Waals surface area contributed by atoms with Crippen LogP contribution in [0.15, 0.2) is 83.1 Å². The second kappa shape index (κ2) is 9.59. The highest BCUT2D eigenvalue weighted by atomic mass is 32.2. The number of hydrogen-bond donors (Lipinski definition) is 1. The van der Waals surface area contributed by atoms with Gasteiger partial charge < -0.3 is 14.8 Å². The number of fused-ring (bicyclic) bond motifs is 1. The summed E-state index contributed by atoms with van der Waals surface area (Å²) >= 11 is 1.13. The van der Waals surface area contributed by atoms with Crippen LogP contribution in [0.25, 0.3) is 0 Å². The van der Waals surface area contributed by atoms with Crippen molar-refractivity contribution in [1.29, 1.82) is 0 Å². The standard InChI is InChI=1S/C25H22N6O3S/c1-29-16-26-28-25(29)35-23-11-10-18(14-22(23)31(33)34)24(32)27-20-8-4-2-7-19(20)15-30-13-12-17-6-3-5-9-21(17)30/h2-11,14,16H,12-13,15H2,1H3,(H,27,32). The molecule has 10 heteroatoms. The van der Waals surface area contributed by atoms with Crippen LogP contribution in [0.2, 0.25) is 0 Å². The predicted octanol–water partition coefficient (Wildman–Crippen LogP) is 4.69. The molecular weight excluding hydrogens is 464 g/mol. The van der Waals surface area contributed by atoms with E-state index in [2.05, 4.69) is 32.5 Å². The first-order valence-electron chi connectivity index (χ1n) is 11.0. The first-order chi connectivity index (χ1) is 17.0. The summed E-state index contributed by atoms with van der Waals surface area (Å²) in [5.41, 5.74) is 4.23. The Kier molecular flexibility index (Phi) is 6.19. The molecule has 0 saturated heterocycles. The Morgan fingerprint density at radius 1 is 1.14 bits per heavy atom. The number of hydrogen-bond acceptors (Lipinski definition) is 7. The van der Waals surface area contributed by atoms with Gasteiger partial charge in [0, 0.05) is 43.1 Å². The topological polar surface area (TPSA) is 106 Å². The lowest BCUT2D eigenvalue weighted by Gasteiger charge is -2.21. The molecule has 9 nitrogen and oxygen atoms in total. The lowest BCUT2D eigenvalue weighted by Crippen LogP contribution is -2.21. The number of carbonyl (C=O) groups is 1. The molecule has 0 saturated carbocycles. The molecule has 0 fully saturated rings. The molecule has 1 aliphatic rings. The smallest absolute Gasteiger partial charge is 0.284 e. The first-order valence-corrected chi connectivity index (χ1v) is 11.8. The van der Waals surface area contributed by atoms with Crippen LogP contribution in [0.3, 0.4) is 0 Å². The summed E-state index contributed by atoms with van der Waals surface area (Å²) in [6.07, 6.45) is 2.52. The number of anilines is 2. The number of carbonyl (C=O) groups excluding carboxylic acids is 1. The van der Waals surface area contributed by atoms with Gasteiger partial charge in [-0.05, 0) is 53.6 Å². The van der Waals surface area contributed by atoms with Crippen LogP contribution in [0.5, 0.6) is 0 Å². The number of para-hydroxylation sites is 2. The average Bonchev–Trinajstić information content (AvgIpc) is 3.46. The molecule has 0 atom stereocenters. The van der Waals surface area contributed by atoms with E-state index in [4.69, 9.17) is 0 Å². The molecule has 0 unspecified atom stereocenters. The molecule has 1 aromatic heterocycles. The van der Waals surface area contributed by atoms with E-state index < -0.39 is 10.8 Å². The largest absolute Gasteiger partial charge is 0.367 e. The van der Waals surface area contributed by atoms with Crippen molar-refractivity contribution in [1.82, 2.24) is 14.8 Å². The molecule has 4 aromatic rings. The minimum absolute atomic E-state index is 0.160. The maximum absolute atomic E-state index is 13.1. The highest BCUT2D eigenvalue weighted by molar-refractivity contribution is 7.99. The van der Waals surface area contributed by atoms with E-state index >= 15 is 0 Å². The Labute approximate surface area is 205 Å². The Bertz CT molecular complexity index is 1420. The molecule has 2 heterocycles. The van der Waals surface area contributed by atoms with E-state index in [0.29, 0.717) is 22.3 Å². The third-order valence-electron chi connectivity index (χ3n) is 5.90. The molecule has 1 N–H and O–H groups in total. The Hall–Kier alpha value is -4.18.